The van der Waals surface area contributed by atoms with Crippen molar-refractivity contribution in [3.05, 3.63) is 109 Å². The van der Waals surface area contributed by atoms with Gasteiger partial charge in [0, 0.05) is 12.8 Å². The molecule has 0 amide bonds. The molecule has 10 atom stereocenters. The number of aliphatic hydroxyl groups excluding tert-OH is 7. The monoisotopic (exact) mass is 965 g/mol. The van der Waals surface area contributed by atoms with E-state index < -0.39 is 87.9 Å². The number of hydrogen-bond donors (Lipinski definition) is 8. The Labute approximate surface area is 398 Å². The molecule has 0 aromatic rings. The van der Waals surface area contributed by atoms with E-state index in [1.165, 1.54) is 0 Å². The summed E-state index contributed by atoms with van der Waals surface area (Å²) in [5, 5.41) is 70.5. The predicted octanol–water partition coefficient (Wildman–Crippen LogP) is 7.55. The SMILES string of the molecule is CC/C=C\C/C=C\C/C=C\C/C=C\C/C=C\CCCCCC(=O)OC[C@H](COP(=O)(O)OC1[C@H](O)[C@H](O)C(O)[C@H](O)[C@H]1O)OC(=O)CCC[C@H](O)/C=C/C=C\C/C=C\C=C\[C@H](O)CCCCC. The van der Waals surface area contributed by atoms with Crippen molar-refractivity contribution in [3.8, 4) is 0 Å². The Morgan fingerprint density at radius 1 is 0.552 bits per heavy atom. The summed E-state index contributed by atoms with van der Waals surface area (Å²) in [6, 6.07) is 0. The number of ether oxygens (including phenoxy) is 2. The van der Waals surface area contributed by atoms with Crippen molar-refractivity contribution in [3.63, 3.8) is 0 Å². The standard InChI is InChI=1S/C51H81O15P/c1-3-5-7-8-9-10-11-12-13-14-15-16-17-18-19-20-24-27-31-37-44(54)63-39-43(40-64-67(61,62)66-51-49(59)47(57)46(56)48(58)50(51)60)65-45(55)38-32-36-42(53)35-30-26-23-21-22-25-29-34-41(52)33-28-6-4-2/h5,7,9-10,12-13,15-16,18-19,22-23,25-26,29-30,34-35,41-43,46-53,56-60H,3-4,6,8,11,14,17,20-21,24,27-28,31-33,36-40H2,1-2H3,(H,61,62)/b7-5-,10-9-,13-12-,16-15-,19-18-,25-22-,26-23-,34-29+,35-30+/t41-,42-,43-,46?,47-,48+,49-,50-,51?/m1/s1. The molecule has 8 N–H and O–H groups in total. The minimum absolute atomic E-state index is 0.0711. The Bertz CT molecular complexity index is 1620. The van der Waals surface area contributed by atoms with E-state index in [1.807, 2.05) is 24.3 Å². The van der Waals surface area contributed by atoms with Gasteiger partial charge in [0.05, 0.1) is 18.8 Å². The molecule has 0 bridgehead atoms. The van der Waals surface area contributed by atoms with Crippen molar-refractivity contribution in [2.45, 2.75) is 184 Å². The number of allylic oxidation sites excluding steroid dienone is 16. The fourth-order valence-electron chi connectivity index (χ4n) is 6.41. The maximum atomic E-state index is 12.8. The molecule has 0 heterocycles. The first-order chi connectivity index (χ1) is 32.2. The van der Waals surface area contributed by atoms with E-state index in [9.17, 15) is 54.8 Å². The Balaban J connectivity index is 2.59. The van der Waals surface area contributed by atoms with Gasteiger partial charge in [-0.25, -0.2) is 4.57 Å². The second-order valence-electron chi connectivity index (χ2n) is 16.3. The number of carbonyl (C=O) groups excluding carboxylic acids is 2. The van der Waals surface area contributed by atoms with Gasteiger partial charge >= 0.3 is 19.8 Å². The highest BCUT2D eigenvalue weighted by Gasteiger charge is 2.51. The largest absolute Gasteiger partial charge is 0.472 e. The highest BCUT2D eigenvalue weighted by molar-refractivity contribution is 7.47. The number of rotatable bonds is 37. The van der Waals surface area contributed by atoms with Crippen LogP contribution in [0.1, 0.15) is 129 Å². The topological polar surface area (TPSA) is 250 Å². The minimum atomic E-state index is -5.20. The molecular formula is C51H81O15P. The normalized spacial score (nSPS) is 23.1. The predicted molar refractivity (Wildman–Crippen MR) is 260 cm³/mol. The first-order valence-electron chi connectivity index (χ1n) is 23.9. The Hall–Kier alpha value is -3.57. The van der Waals surface area contributed by atoms with Crippen molar-refractivity contribution in [2.75, 3.05) is 13.2 Å². The number of esters is 2. The van der Waals surface area contributed by atoms with Gasteiger partial charge in [0.2, 0.25) is 0 Å². The number of aliphatic hydroxyl groups is 7. The lowest BCUT2D eigenvalue weighted by Gasteiger charge is -2.41. The van der Waals surface area contributed by atoms with Crippen LogP contribution in [-0.2, 0) is 32.7 Å². The van der Waals surface area contributed by atoms with Gasteiger partial charge in [-0.05, 0) is 77.0 Å². The van der Waals surface area contributed by atoms with E-state index in [0.29, 0.717) is 12.8 Å². The fraction of sp³-hybridized carbons (Fsp3) is 0.608. The third-order valence-corrected chi connectivity index (χ3v) is 11.3. The summed E-state index contributed by atoms with van der Waals surface area (Å²) >= 11 is 0. The van der Waals surface area contributed by atoms with Gasteiger partial charge in [-0.3, -0.25) is 18.6 Å². The van der Waals surface area contributed by atoms with Crippen LogP contribution in [0.5, 0.6) is 0 Å². The summed E-state index contributed by atoms with van der Waals surface area (Å²) in [6.07, 6.45) is 33.3. The molecule has 0 saturated heterocycles. The molecule has 67 heavy (non-hydrogen) atoms. The third-order valence-electron chi connectivity index (χ3n) is 10.3. The van der Waals surface area contributed by atoms with Crippen molar-refractivity contribution in [1.29, 1.82) is 0 Å². The minimum Gasteiger partial charge on any atom is -0.462 e. The van der Waals surface area contributed by atoms with E-state index in [1.54, 1.807) is 24.3 Å². The molecule has 1 saturated carbocycles. The van der Waals surface area contributed by atoms with Crippen LogP contribution < -0.4 is 0 Å². The molecule has 1 rings (SSSR count). The van der Waals surface area contributed by atoms with Crippen LogP contribution in [0.25, 0.3) is 0 Å². The molecule has 0 aromatic heterocycles. The van der Waals surface area contributed by atoms with Crippen LogP contribution >= 0.6 is 7.82 Å². The van der Waals surface area contributed by atoms with E-state index in [0.717, 1.165) is 77.0 Å². The van der Waals surface area contributed by atoms with Gasteiger partial charge in [0.1, 0.15) is 43.2 Å². The molecule has 380 valence electrons. The van der Waals surface area contributed by atoms with Crippen LogP contribution in [0.15, 0.2) is 109 Å². The smallest absolute Gasteiger partial charge is 0.462 e. The lowest BCUT2D eigenvalue weighted by molar-refractivity contribution is -0.220. The van der Waals surface area contributed by atoms with Crippen molar-refractivity contribution >= 4 is 19.8 Å². The van der Waals surface area contributed by atoms with Crippen LogP contribution in [-0.4, -0.2) is 121 Å². The molecule has 0 aromatic carbocycles. The Kier molecular flexibility index (Phi) is 36.0. The second kappa shape index (κ2) is 39.3. The quantitative estimate of drug-likeness (QED) is 0.00984. The first-order valence-corrected chi connectivity index (χ1v) is 25.4. The molecule has 0 aliphatic heterocycles. The molecule has 0 spiro atoms. The molecular weight excluding hydrogens is 884 g/mol. The van der Waals surface area contributed by atoms with E-state index in [4.69, 9.17) is 18.5 Å². The summed E-state index contributed by atoms with van der Waals surface area (Å²) in [5.74, 6) is -1.38. The van der Waals surface area contributed by atoms with Crippen LogP contribution in [0.3, 0.4) is 0 Å². The highest BCUT2D eigenvalue weighted by Crippen LogP contribution is 2.47. The number of phosphoric ester groups is 1. The summed E-state index contributed by atoms with van der Waals surface area (Å²) in [6.45, 7) is 2.85. The van der Waals surface area contributed by atoms with Crippen molar-refractivity contribution < 1.29 is 73.3 Å². The van der Waals surface area contributed by atoms with Crippen LogP contribution in [0, 0.1) is 0 Å². The number of phosphoric acid groups is 1. The Morgan fingerprint density at radius 2 is 1.04 bits per heavy atom. The molecule has 3 unspecified atom stereocenters. The molecule has 15 nitrogen and oxygen atoms in total. The van der Waals surface area contributed by atoms with E-state index in [2.05, 4.69) is 74.6 Å². The zero-order valence-corrected chi connectivity index (χ0v) is 40.5. The fourth-order valence-corrected chi connectivity index (χ4v) is 7.38. The van der Waals surface area contributed by atoms with Crippen LogP contribution in [0.2, 0.25) is 0 Å². The van der Waals surface area contributed by atoms with Gasteiger partial charge in [-0.2, -0.15) is 0 Å². The summed E-state index contributed by atoms with van der Waals surface area (Å²) < 4.78 is 33.3. The number of carbonyl (C=O) groups is 2. The summed E-state index contributed by atoms with van der Waals surface area (Å²) in [5.41, 5.74) is 0. The maximum absolute atomic E-state index is 12.8. The molecule has 1 aliphatic carbocycles. The summed E-state index contributed by atoms with van der Waals surface area (Å²) in [4.78, 5) is 35.8. The van der Waals surface area contributed by atoms with Gasteiger partial charge in [-0.1, -0.05) is 149 Å². The van der Waals surface area contributed by atoms with E-state index >= 15 is 0 Å². The van der Waals surface area contributed by atoms with Gasteiger partial charge in [0.25, 0.3) is 0 Å². The molecule has 1 fully saturated rings. The maximum Gasteiger partial charge on any atom is 0.472 e. The molecule has 1 aliphatic rings. The van der Waals surface area contributed by atoms with Gasteiger partial charge < -0.3 is 50.1 Å². The Morgan fingerprint density at radius 3 is 1.60 bits per heavy atom. The highest BCUT2D eigenvalue weighted by atomic mass is 31.2. The van der Waals surface area contributed by atoms with Gasteiger partial charge in [0.15, 0.2) is 6.10 Å². The van der Waals surface area contributed by atoms with Crippen LogP contribution in [0.4, 0.5) is 0 Å². The number of hydrogen-bond acceptors (Lipinski definition) is 14. The lowest BCUT2D eigenvalue weighted by atomic mass is 9.85. The molecule has 0 radical (unpaired) electrons. The lowest BCUT2D eigenvalue weighted by Crippen LogP contribution is -2.64. The summed E-state index contributed by atoms with van der Waals surface area (Å²) in [7, 11) is -5.20. The zero-order valence-electron chi connectivity index (χ0n) is 39.6. The molecule has 16 heteroatoms. The van der Waals surface area contributed by atoms with Gasteiger partial charge in [-0.15, -0.1) is 0 Å². The second-order valence-corrected chi connectivity index (χ2v) is 17.7. The zero-order chi connectivity index (χ0) is 49.5. The third kappa shape index (κ3) is 32.0. The van der Waals surface area contributed by atoms with Crippen molar-refractivity contribution in [2.24, 2.45) is 0 Å². The van der Waals surface area contributed by atoms with Crippen molar-refractivity contribution in [1.82, 2.24) is 0 Å². The first kappa shape index (κ1) is 61.4. The average molecular weight is 965 g/mol. The average Bonchev–Trinajstić information content (AvgIpc) is 3.30. The number of unbranched alkanes of at least 4 members (excludes halogenated alkanes) is 5. The van der Waals surface area contributed by atoms with E-state index in [-0.39, 0.29) is 25.7 Å².